The van der Waals surface area contributed by atoms with Crippen LogP contribution < -0.4 is 11.0 Å². The number of amides is 1. The second-order valence-corrected chi connectivity index (χ2v) is 4.51. The van der Waals surface area contributed by atoms with Crippen molar-refractivity contribution in [1.29, 1.82) is 0 Å². The van der Waals surface area contributed by atoms with Crippen LogP contribution in [0.4, 0.5) is 0 Å². The van der Waals surface area contributed by atoms with E-state index in [0.717, 1.165) is 5.30 Å². The first kappa shape index (κ1) is 9.87. The highest BCUT2D eigenvalue weighted by atomic mass is 31.1. The summed E-state index contributed by atoms with van der Waals surface area (Å²) in [5, 5.41) is 0.766. The number of carbonyl (C=O) groups excluding carboxylic acids is 1. The van der Waals surface area contributed by atoms with Crippen LogP contribution in [0, 0.1) is 0 Å². The van der Waals surface area contributed by atoms with Crippen LogP contribution in [-0.4, -0.2) is 12.1 Å². The van der Waals surface area contributed by atoms with Gasteiger partial charge in [0.25, 0.3) is 0 Å². The monoisotopic (exact) mass is 196 g/mol. The maximum Gasteiger partial charge on any atom is 0.376 e. The Labute approximate surface area is 77.7 Å². The molecule has 13 heavy (non-hydrogen) atoms. The van der Waals surface area contributed by atoms with E-state index >= 15 is 0 Å². The molecule has 4 heteroatoms. The van der Waals surface area contributed by atoms with Gasteiger partial charge in [0.2, 0.25) is 5.91 Å². The van der Waals surface area contributed by atoms with Gasteiger partial charge in [-0.05, 0) is 31.2 Å². The Kier molecular flexibility index (Phi) is 3.15. The van der Waals surface area contributed by atoms with E-state index < -0.39 is 13.7 Å². The lowest BCUT2D eigenvalue weighted by molar-refractivity contribution is 0.100. The predicted molar refractivity (Wildman–Crippen MR) is 52.7 cm³/mol. The summed E-state index contributed by atoms with van der Waals surface area (Å²) in [6.07, 6.45) is 0.616. The second kappa shape index (κ2) is 4.15. The molecule has 0 saturated heterocycles. The molecule has 1 amide bonds. The zero-order valence-electron chi connectivity index (χ0n) is 7.36. The summed E-state index contributed by atoms with van der Waals surface area (Å²) in [5.74, 6) is -0.460. The first-order valence-electron chi connectivity index (χ1n) is 3.99. The smallest absolute Gasteiger partial charge is 0.366 e. The molecule has 0 fully saturated rings. The summed E-state index contributed by atoms with van der Waals surface area (Å²) >= 11 is 0. The van der Waals surface area contributed by atoms with Gasteiger partial charge in [-0.15, -0.1) is 0 Å². The molecule has 1 aromatic carbocycles. The summed E-state index contributed by atoms with van der Waals surface area (Å²) in [6.45, 7) is 1.86. The normalized spacial score (nSPS) is 11.0. The van der Waals surface area contributed by atoms with E-state index in [0.29, 0.717) is 11.7 Å². The molecule has 1 aromatic rings. The zero-order valence-corrected chi connectivity index (χ0v) is 8.25. The molecule has 0 aliphatic rings. The van der Waals surface area contributed by atoms with Crippen LogP contribution >= 0.6 is 7.80 Å². The topological polar surface area (TPSA) is 60.2 Å². The van der Waals surface area contributed by atoms with Crippen LogP contribution in [0.1, 0.15) is 17.3 Å². The summed E-state index contributed by atoms with van der Waals surface area (Å²) in [5.41, 5.74) is 5.51. The quantitative estimate of drug-likeness (QED) is 0.739. The van der Waals surface area contributed by atoms with E-state index in [4.69, 9.17) is 5.73 Å². The fourth-order valence-electron chi connectivity index (χ4n) is 0.975. The van der Waals surface area contributed by atoms with Gasteiger partial charge in [-0.3, -0.25) is 4.79 Å². The Hall–Kier alpha value is -1.21. The molecule has 1 rings (SSSR count). The standard InChI is InChI=1S/C9H10NO2P/c1-2-13(12)8-5-3-7(4-6-8)9(10)11/h3-6H,2H2,1H3,(H-,10,11)/p+1. The van der Waals surface area contributed by atoms with Crippen LogP contribution in [0.25, 0.3) is 0 Å². The number of rotatable bonds is 3. The minimum atomic E-state index is -1.31. The van der Waals surface area contributed by atoms with Crippen molar-refractivity contribution in [3.8, 4) is 0 Å². The first-order chi connectivity index (χ1) is 6.15. The molecule has 0 aliphatic carbocycles. The van der Waals surface area contributed by atoms with Crippen molar-refractivity contribution in [3.63, 3.8) is 0 Å². The van der Waals surface area contributed by atoms with E-state index in [1.807, 2.05) is 6.92 Å². The van der Waals surface area contributed by atoms with Gasteiger partial charge < -0.3 is 5.73 Å². The molecule has 2 N–H and O–H groups in total. The van der Waals surface area contributed by atoms with Crippen LogP contribution in [0.15, 0.2) is 24.3 Å². The van der Waals surface area contributed by atoms with Crippen LogP contribution in [0.2, 0.25) is 0 Å². The average Bonchev–Trinajstić information content (AvgIpc) is 2.17. The van der Waals surface area contributed by atoms with Crippen molar-refractivity contribution >= 4 is 19.0 Å². The second-order valence-electron chi connectivity index (χ2n) is 2.61. The van der Waals surface area contributed by atoms with E-state index in [2.05, 4.69) is 0 Å². The predicted octanol–water partition coefficient (Wildman–Crippen LogP) is 1.26. The Morgan fingerprint density at radius 3 is 2.31 bits per heavy atom. The van der Waals surface area contributed by atoms with Gasteiger partial charge in [-0.1, -0.05) is 4.57 Å². The third kappa shape index (κ3) is 2.36. The van der Waals surface area contributed by atoms with Gasteiger partial charge in [-0.25, -0.2) is 0 Å². The number of benzene rings is 1. The molecule has 0 spiro atoms. The SMILES string of the molecule is CC[P+](=O)c1ccc(C(N)=O)cc1. The number of primary amides is 1. The van der Waals surface area contributed by atoms with E-state index in [-0.39, 0.29) is 0 Å². The highest BCUT2D eigenvalue weighted by molar-refractivity contribution is 7.53. The van der Waals surface area contributed by atoms with Crippen molar-refractivity contribution in [1.82, 2.24) is 0 Å². The molecule has 0 aliphatic heterocycles. The molecule has 0 bridgehead atoms. The fraction of sp³-hybridized carbons (Fsp3) is 0.222. The van der Waals surface area contributed by atoms with Crippen molar-refractivity contribution in [2.75, 3.05) is 6.16 Å². The van der Waals surface area contributed by atoms with E-state index in [1.165, 1.54) is 0 Å². The lowest BCUT2D eigenvalue weighted by atomic mass is 10.2. The highest BCUT2D eigenvalue weighted by Gasteiger charge is 2.15. The summed E-state index contributed by atoms with van der Waals surface area (Å²) in [6, 6.07) is 6.56. The summed E-state index contributed by atoms with van der Waals surface area (Å²) in [4.78, 5) is 10.7. The minimum Gasteiger partial charge on any atom is -0.366 e. The van der Waals surface area contributed by atoms with Gasteiger partial charge in [-0.2, -0.15) is 0 Å². The molecule has 0 radical (unpaired) electrons. The lowest BCUT2D eigenvalue weighted by Gasteiger charge is -1.92. The van der Waals surface area contributed by atoms with Gasteiger partial charge >= 0.3 is 7.80 Å². The van der Waals surface area contributed by atoms with Gasteiger partial charge in [0.05, 0.1) is 0 Å². The largest absolute Gasteiger partial charge is 0.376 e. The van der Waals surface area contributed by atoms with Crippen molar-refractivity contribution in [3.05, 3.63) is 29.8 Å². The Balaban J connectivity index is 2.93. The molecule has 68 valence electrons. The zero-order chi connectivity index (χ0) is 9.84. The lowest BCUT2D eigenvalue weighted by Crippen LogP contribution is -2.11. The Morgan fingerprint density at radius 2 is 1.92 bits per heavy atom. The van der Waals surface area contributed by atoms with Crippen LogP contribution in [0.5, 0.6) is 0 Å². The van der Waals surface area contributed by atoms with Gasteiger partial charge in [0.15, 0.2) is 5.30 Å². The Morgan fingerprint density at radius 1 is 1.38 bits per heavy atom. The molecular weight excluding hydrogens is 185 g/mol. The molecule has 0 saturated carbocycles. The molecule has 1 unspecified atom stereocenters. The summed E-state index contributed by atoms with van der Waals surface area (Å²) < 4.78 is 11.3. The minimum absolute atomic E-state index is 0.447. The maximum absolute atomic E-state index is 11.3. The average molecular weight is 196 g/mol. The van der Waals surface area contributed by atoms with Crippen LogP contribution in [-0.2, 0) is 4.57 Å². The van der Waals surface area contributed by atoms with E-state index in [9.17, 15) is 9.36 Å². The number of hydrogen-bond acceptors (Lipinski definition) is 2. The molecule has 1 atom stereocenters. The molecule has 0 aromatic heterocycles. The van der Waals surface area contributed by atoms with Crippen molar-refractivity contribution < 1.29 is 9.36 Å². The fourth-order valence-corrected chi connectivity index (χ4v) is 1.82. The molecule has 3 nitrogen and oxygen atoms in total. The molecular formula is C9H11NO2P+. The van der Waals surface area contributed by atoms with Crippen molar-refractivity contribution in [2.45, 2.75) is 6.92 Å². The Bertz CT molecular complexity index is 332. The maximum atomic E-state index is 11.3. The summed E-state index contributed by atoms with van der Waals surface area (Å²) in [7, 11) is -1.31. The highest BCUT2D eigenvalue weighted by Crippen LogP contribution is 2.18. The van der Waals surface area contributed by atoms with Gasteiger partial charge in [0.1, 0.15) is 6.16 Å². The van der Waals surface area contributed by atoms with E-state index in [1.54, 1.807) is 24.3 Å². The van der Waals surface area contributed by atoms with Gasteiger partial charge in [0, 0.05) is 5.56 Å². The molecule has 0 heterocycles. The first-order valence-corrected chi connectivity index (χ1v) is 5.44. The third-order valence-electron chi connectivity index (χ3n) is 1.73. The van der Waals surface area contributed by atoms with Crippen LogP contribution in [0.3, 0.4) is 0 Å². The number of hydrogen-bond donors (Lipinski definition) is 1. The number of nitrogens with two attached hydrogens (primary N) is 1. The third-order valence-corrected chi connectivity index (χ3v) is 3.18. The van der Waals surface area contributed by atoms with Crippen molar-refractivity contribution in [2.24, 2.45) is 5.73 Å². The number of carbonyl (C=O) groups is 1.